The summed E-state index contributed by atoms with van der Waals surface area (Å²) >= 11 is 1.58. The van der Waals surface area contributed by atoms with E-state index in [0.29, 0.717) is 5.82 Å². The van der Waals surface area contributed by atoms with Crippen molar-refractivity contribution < 1.29 is 9.84 Å². The zero-order valence-electron chi connectivity index (χ0n) is 12.8. The summed E-state index contributed by atoms with van der Waals surface area (Å²) in [6.07, 6.45) is 3.51. The van der Waals surface area contributed by atoms with Crippen molar-refractivity contribution in [3.63, 3.8) is 0 Å². The minimum atomic E-state index is 0.216. The summed E-state index contributed by atoms with van der Waals surface area (Å²) < 4.78 is 5.38. The van der Waals surface area contributed by atoms with Crippen LogP contribution in [0.5, 0.6) is 11.5 Å². The van der Waals surface area contributed by atoms with Crippen LogP contribution in [0.4, 0.5) is 0 Å². The van der Waals surface area contributed by atoms with Crippen molar-refractivity contribution in [3.05, 3.63) is 53.5 Å². The van der Waals surface area contributed by atoms with Gasteiger partial charge in [0.1, 0.15) is 17.0 Å². The van der Waals surface area contributed by atoms with Crippen molar-refractivity contribution in [3.8, 4) is 34.0 Å². The number of hydrogen-bond donors (Lipinski definition) is 1. The van der Waals surface area contributed by atoms with E-state index < -0.39 is 0 Å². The molecule has 1 N–H and O–H groups in total. The second-order valence-corrected chi connectivity index (χ2v) is 5.97. The van der Waals surface area contributed by atoms with Gasteiger partial charge in [0.2, 0.25) is 0 Å². The molecule has 0 unspecified atom stereocenters. The number of benzene rings is 1. The number of hydrogen-bond acceptors (Lipinski definition) is 6. The molecule has 0 aliphatic carbocycles. The standard InChI is InChI=1S/C18H13N3O2S/c1-23-17-10-24-9-14(17)12-6-15-16(19-7-12)8-20-18(21-15)11-2-4-13(22)5-3-11/h2-10,22H,1H3. The second kappa shape index (κ2) is 5.90. The maximum Gasteiger partial charge on any atom is 0.159 e. The number of fused-ring (bicyclic) bond motifs is 1. The number of phenols is 1. The van der Waals surface area contributed by atoms with Gasteiger partial charge in [0, 0.05) is 33.6 Å². The molecule has 0 radical (unpaired) electrons. The third-order valence-electron chi connectivity index (χ3n) is 3.72. The summed E-state index contributed by atoms with van der Waals surface area (Å²) in [6, 6.07) is 8.80. The number of aromatic hydroxyl groups is 1. The molecule has 0 aliphatic rings. The predicted octanol–water partition coefficient (Wildman–Crippen LogP) is 4.13. The van der Waals surface area contributed by atoms with Gasteiger partial charge in [-0.25, -0.2) is 9.97 Å². The second-order valence-electron chi connectivity index (χ2n) is 5.22. The normalized spacial score (nSPS) is 10.9. The predicted molar refractivity (Wildman–Crippen MR) is 94.3 cm³/mol. The Bertz CT molecular complexity index is 1010. The number of nitrogens with zero attached hydrogens (tertiary/aromatic N) is 3. The Morgan fingerprint density at radius 1 is 0.958 bits per heavy atom. The molecular weight excluding hydrogens is 322 g/mol. The van der Waals surface area contributed by atoms with Crippen LogP contribution in [-0.2, 0) is 0 Å². The van der Waals surface area contributed by atoms with E-state index in [9.17, 15) is 5.11 Å². The van der Waals surface area contributed by atoms with Crippen molar-refractivity contribution in [2.24, 2.45) is 0 Å². The first kappa shape index (κ1) is 14.6. The summed E-state index contributed by atoms with van der Waals surface area (Å²) in [5.74, 6) is 1.64. The van der Waals surface area contributed by atoms with Crippen molar-refractivity contribution in [2.75, 3.05) is 7.11 Å². The molecule has 0 bridgehead atoms. The quantitative estimate of drug-likeness (QED) is 0.609. The molecular formula is C18H13N3O2S. The third-order valence-corrected chi connectivity index (χ3v) is 4.44. The molecule has 118 valence electrons. The SMILES string of the molecule is COc1cscc1-c1cnc2cnc(-c3ccc(O)cc3)nc2c1. The van der Waals surface area contributed by atoms with Crippen LogP contribution in [0.3, 0.4) is 0 Å². The van der Waals surface area contributed by atoms with Crippen LogP contribution < -0.4 is 4.74 Å². The summed E-state index contributed by atoms with van der Waals surface area (Å²) in [7, 11) is 1.66. The number of pyridine rings is 1. The molecule has 4 aromatic rings. The number of rotatable bonds is 3. The third kappa shape index (κ3) is 2.57. The highest BCUT2D eigenvalue weighted by molar-refractivity contribution is 7.08. The highest BCUT2D eigenvalue weighted by atomic mass is 32.1. The first-order chi connectivity index (χ1) is 11.7. The lowest BCUT2D eigenvalue weighted by molar-refractivity contribution is 0.418. The molecule has 0 atom stereocenters. The van der Waals surface area contributed by atoms with Crippen molar-refractivity contribution in [2.45, 2.75) is 0 Å². The zero-order chi connectivity index (χ0) is 16.5. The summed E-state index contributed by atoms with van der Waals surface area (Å²) in [6.45, 7) is 0. The highest BCUT2D eigenvalue weighted by Crippen LogP contribution is 2.34. The first-order valence-corrected chi connectivity index (χ1v) is 8.21. The molecule has 0 aliphatic heterocycles. The number of thiophene rings is 1. The maximum absolute atomic E-state index is 9.41. The van der Waals surface area contributed by atoms with E-state index in [1.54, 1.807) is 55.1 Å². The molecule has 3 heterocycles. The van der Waals surface area contributed by atoms with Gasteiger partial charge < -0.3 is 9.84 Å². The Kier molecular flexibility index (Phi) is 3.59. The lowest BCUT2D eigenvalue weighted by atomic mass is 10.1. The number of ether oxygens (including phenoxy) is 1. The lowest BCUT2D eigenvalue weighted by Crippen LogP contribution is -1.92. The fourth-order valence-electron chi connectivity index (χ4n) is 2.47. The number of phenolic OH excluding ortho intramolecular Hbond substituents is 1. The smallest absolute Gasteiger partial charge is 0.159 e. The fraction of sp³-hybridized carbons (Fsp3) is 0.0556. The number of methoxy groups -OCH3 is 1. The molecule has 0 fully saturated rings. The fourth-order valence-corrected chi connectivity index (χ4v) is 3.27. The largest absolute Gasteiger partial charge is 0.508 e. The van der Waals surface area contributed by atoms with Gasteiger partial charge in [-0.15, -0.1) is 11.3 Å². The zero-order valence-corrected chi connectivity index (χ0v) is 13.6. The van der Waals surface area contributed by atoms with Crippen LogP contribution in [0.1, 0.15) is 0 Å². The van der Waals surface area contributed by atoms with E-state index in [1.807, 2.05) is 16.8 Å². The van der Waals surface area contributed by atoms with Crippen LogP contribution in [-0.4, -0.2) is 27.2 Å². The van der Waals surface area contributed by atoms with E-state index in [2.05, 4.69) is 15.0 Å². The number of aromatic nitrogens is 3. The van der Waals surface area contributed by atoms with Crippen LogP contribution >= 0.6 is 11.3 Å². The summed E-state index contributed by atoms with van der Waals surface area (Å²) in [4.78, 5) is 13.4. The molecule has 5 nitrogen and oxygen atoms in total. The van der Waals surface area contributed by atoms with E-state index in [-0.39, 0.29) is 5.75 Å². The van der Waals surface area contributed by atoms with Crippen LogP contribution in [0.15, 0.2) is 53.5 Å². The molecule has 24 heavy (non-hydrogen) atoms. The van der Waals surface area contributed by atoms with Crippen LogP contribution in [0.2, 0.25) is 0 Å². The van der Waals surface area contributed by atoms with Crippen molar-refractivity contribution in [1.29, 1.82) is 0 Å². The van der Waals surface area contributed by atoms with Crippen LogP contribution in [0, 0.1) is 0 Å². The first-order valence-electron chi connectivity index (χ1n) is 7.27. The van der Waals surface area contributed by atoms with Gasteiger partial charge in [-0.2, -0.15) is 0 Å². The van der Waals surface area contributed by atoms with Gasteiger partial charge in [0.15, 0.2) is 5.82 Å². The molecule has 0 saturated heterocycles. The topological polar surface area (TPSA) is 68.1 Å². The minimum absolute atomic E-state index is 0.216. The van der Waals surface area contributed by atoms with E-state index in [1.165, 1.54) is 0 Å². The Morgan fingerprint density at radius 2 is 1.79 bits per heavy atom. The molecule has 0 amide bonds. The molecule has 6 heteroatoms. The van der Waals surface area contributed by atoms with Gasteiger partial charge in [-0.1, -0.05) is 0 Å². The minimum Gasteiger partial charge on any atom is -0.508 e. The van der Waals surface area contributed by atoms with Crippen molar-refractivity contribution in [1.82, 2.24) is 15.0 Å². The average Bonchev–Trinajstić information content (AvgIpc) is 3.10. The van der Waals surface area contributed by atoms with E-state index >= 15 is 0 Å². The maximum atomic E-state index is 9.41. The summed E-state index contributed by atoms with van der Waals surface area (Å²) in [5.41, 5.74) is 4.29. The molecule has 0 spiro atoms. The summed E-state index contributed by atoms with van der Waals surface area (Å²) in [5, 5.41) is 13.4. The van der Waals surface area contributed by atoms with Crippen LogP contribution in [0.25, 0.3) is 33.5 Å². The van der Waals surface area contributed by atoms with Gasteiger partial charge in [0.05, 0.1) is 18.8 Å². The Balaban J connectivity index is 1.82. The Hall–Kier alpha value is -2.99. The molecule has 4 rings (SSSR count). The lowest BCUT2D eigenvalue weighted by Gasteiger charge is -2.06. The monoisotopic (exact) mass is 335 g/mol. The van der Waals surface area contributed by atoms with Gasteiger partial charge in [-0.3, -0.25) is 4.98 Å². The molecule has 0 saturated carbocycles. The molecule has 1 aromatic carbocycles. The Labute approximate surface area is 142 Å². The molecule has 3 aromatic heterocycles. The van der Waals surface area contributed by atoms with E-state index in [4.69, 9.17) is 4.74 Å². The highest BCUT2D eigenvalue weighted by Gasteiger charge is 2.10. The average molecular weight is 335 g/mol. The Morgan fingerprint density at radius 3 is 2.58 bits per heavy atom. The van der Waals surface area contributed by atoms with Crippen molar-refractivity contribution >= 4 is 22.4 Å². The van der Waals surface area contributed by atoms with E-state index in [0.717, 1.165) is 33.5 Å². The van der Waals surface area contributed by atoms with Gasteiger partial charge in [0.25, 0.3) is 0 Å². The van der Waals surface area contributed by atoms with Gasteiger partial charge in [-0.05, 0) is 30.3 Å². The van der Waals surface area contributed by atoms with Gasteiger partial charge >= 0.3 is 0 Å².